The van der Waals surface area contributed by atoms with Gasteiger partial charge in [0, 0.05) is 26.2 Å². The van der Waals surface area contributed by atoms with Crippen molar-refractivity contribution in [1.82, 2.24) is 10.2 Å². The number of alkyl carbamates (subject to hydrolysis) is 1. The second-order valence-electron chi connectivity index (χ2n) is 7.14. The fraction of sp³-hybridized carbons (Fsp3) is 0.364. The molecule has 1 unspecified atom stereocenters. The van der Waals surface area contributed by atoms with E-state index in [2.05, 4.69) is 10.2 Å². The number of anilines is 1. The van der Waals surface area contributed by atoms with Crippen LogP contribution in [-0.2, 0) is 11.3 Å². The Labute approximate surface area is 176 Å². The number of hydrogen-bond acceptors (Lipinski definition) is 5. The topological polar surface area (TPSA) is 91.3 Å². The average molecular weight is 413 g/mol. The van der Waals surface area contributed by atoms with Crippen LogP contribution in [0.25, 0.3) is 0 Å². The zero-order valence-electron chi connectivity index (χ0n) is 17.0. The molecule has 2 N–H and O–H groups in total. The number of para-hydroxylation sites is 2. The number of hydrogen-bond donors (Lipinski definition) is 2. The van der Waals surface area contributed by atoms with Gasteiger partial charge in [0.2, 0.25) is 0 Å². The minimum atomic E-state index is -0.891. The van der Waals surface area contributed by atoms with E-state index >= 15 is 0 Å². The van der Waals surface area contributed by atoms with E-state index in [1.54, 1.807) is 0 Å². The number of piperazine rings is 1. The molecule has 0 radical (unpaired) electrons. The molecule has 0 aromatic heterocycles. The molecule has 1 heterocycles. The van der Waals surface area contributed by atoms with Gasteiger partial charge in [0.25, 0.3) is 0 Å². The van der Waals surface area contributed by atoms with E-state index in [0.29, 0.717) is 31.9 Å². The van der Waals surface area contributed by atoms with Crippen molar-refractivity contribution in [3.05, 3.63) is 60.2 Å². The molecular formula is C22H27N3O5. The van der Waals surface area contributed by atoms with Crippen LogP contribution >= 0.6 is 0 Å². The Balaban J connectivity index is 1.47. The summed E-state index contributed by atoms with van der Waals surface area (Å²) < 4.78 is 11.2. The van der Waals surface area contributed by atoms with Crippen molar-refractivity contribution in [1.29, 1.82) is 0 Å². The highest BCUT2D eigenvalue weighted by Crippen LogP contribution is 2.29. The Morgan fingerprint density at radius 1 is 1.03 bits per heavy atom. The lowest BCUT2D eigenvalue weighted by Gasteiger charge is -2.35. The van der Waals surface area contributed by atoms with Crippen LogP contribution in [0.1, 0.15) is 12.5 Å². The number of rotatable bonds is 7. The summed E-state index contributed by atoms with van der Waals surface area (Å²) in [7, 11) is 0. The van der Waals surface area contributed by atoms with Crippen LogP contribution in [0.15, 0.2) is 54.6 Å². The van der Waals surface area contributed by atoms with Gasteiger partial charge >= 0.3 is 12.2 Å². The molecule has 0 bridgehead atoms. The Morgan fingerprint density at radius 2 is 1.70 bits per heavy atom. The summed E-state index contributed by atoms with van der Waals surface area (Å²) in [6.07, 6.45) is -1.38. The first-order chi connectivity index (χ1) is 14.5. The molecule has 1 fully saturated rings. The smallest absolute Gasteiger partial charge is 0.407 e. The van der Waals surface area contributed by atoms with Crippen molar-refractivity contribution in [2.45, 2.75) is 19.6 Å². The first-order valence-electron chi connectivity index (χ1n) is 9.95. The predicted octanol–water partition coefficient (Wildman–Crippen LogP) is 3.18. The molecule has 3 rings (SSSR count). The molecule has 2 amide bonds. The van der Waals surface area contributed by atoms with Crippen molar-refractivity contribution in [3.63, 3.8) is 0 Å². The molecule has 2 aromatic carbocycles. The van der Waals surface area contributed by atoms with Gasteiger partial charge in [0.15, 0.2) is 0 Å². The van der Waals surface area contributed by atoms with E-state index in [0.717, 1.165) is 11.3 Å². The molecule has 1 aliphatic rings. The quantitative estimate of drug-likeness (QED) is 0.725. The lowest BCUT2D eigenvalue weighted by atomic mass is 10.2. The zero-order valence-corrected chi connectivity index (χ0v) is 17.0. The van der Waals surface area contributed by atoms with E-state index in [9.17, 15) is 9.59 Å². The Bertz CT molecular complexity index is 838. The van der Waals surface area contributed by atoms with Crippen LogP contribution in [0.2, 0.25) is 0 Å². The van der Waals surface area contributed by atoms with E-state index in [4.69, 9.17) is 14.6 Å². The third-order valence-corrected chi connectivity index (χ3v) is 4.82. The second kappa shape index (κ2) is 10.4. The van der Waals surface area contributed by atoms with Gasteiger partial charge in [-0.3, -0.25) is 0 Å². The van der Waals surface area contributed by atoms with Gasteiger partial charge in [-0.05, 0) is 24.6 Å². The highest BCUT2D eigenvalue weighted by Gasteiger charge is 2.22. The molecule has 2 aromatic rings. The molecule has 160 valence electrons. The number of ether oxygens (including phenoxy) is 2. The van der Waals surface area contributed by atoms with Gasteiger partial charge in [-0.15, -0.1) is 0 Å². The van der Waals surface area contributed by atoms with Crippen molar-refractivity contribution < 1.29 is 24.2 Å². The maximum absolute atomic E-state index is 12.0. The third-order valence-electron chi connectivity index (χ3n) is 4.82. The number of amides is 2. The van der Waals surface area contributed by atoms with Crippen LogP contribution < -0.4 is 15.0 Å². The van der Waals surface area contributed by atoms with Crippen LogP contribution in [0.4, 0.5) is 15.3 Å². The number of nitrogens with one attached hydrogen (secondary N) is 1. The Kier molecular flexibility index (Phi) is 7.37. The molecule has 0 spiro atoms. The summed E-state index contributed by atoms with van der Waals surface area (Å²) in [5.41, 5.74) is 1.84. The molecule has 30 heavy (non-hydrogen) atoms. The fourth-order valence-corrected chi connectivity index (χ4v) is 3.20. The van der Waals surface area contributed by atoms with Crippen LogP contribution in [-0.4, -0.2) is 61.0 Å². The van der Waals surface area contributed by atoms with Gasteiger partial charge in [-0.25, -0.2) is 9.59 Å². The van der Waals surface area contributed by atoms with Gasteiger partial charge in [0.1, 0.15) is 19.0 Å². The largest absolute Gasteiger partial charge is 0.489 e. The molecule has 8 heteroatoms. The van der Waals surface area contributed by atoms with Crippen molar-refractivity contribution >= 4 is 17.9 Å². The minimum Gasteiger partial charge on any atom is -0.489 e. The fourth-order valence-electron chi connectivity index (χ4n) is 3.20. The molecule has 1 atom stereocenters. The van der Waals surface area contributed by atoms with Crippen molar-refractivity contribution in [3.8, 4) is 5.75 Å². The average Bonchev–Trinajstić information content (AvgIpc) is 2.77. The summed E-state index contributed by atoms with van der Waals surface area (Å²) in [6, 6.07) is 16.9. The van der Waals surface area contributed by atoms with Crippen LogP contribution in [0, 0.1) is 0 Å². The highest BCUT2D eigenvalue weighted by atomic mass is 16.5. The number of carbonyl (C=O) groups excluding carboxylic acids is 1. The zero-order chi connectivity index (χ0) is 21.3. The molecular weight excluding hydrogens is 386 g/mol. The van der Waals surface area contributed by atoms with E-state index in [1.807, 2.05) is 61.5 Å². The normalized spacial score (nSPS) is 14.7. The highest BCUT2D eigenvalue weighted by molar-refractivity contribution is 5.67. The lowest BCUT2D eigenvalue weighted by Crippen LogP contribution is -2.48. The summed E-state index contributed by atoms with van der Waals surface area (Å²) in [5.74, 6) is 0.701. The predicted molar refractivity (Wildman–Crippen MR) is 113 cm³/mol. The molecule has 0 saturated carbocycles. The van der Waals surface area contributed by atoms with Gasteiger partial charge < -0.3 is 29.7 Å². The minimum absolute atomic E-state index is 0.214. The molecule has 1 saturated heterocycles. The first kappa shape index (κ1) is 21.3. The number of nitrogens with zero attached hydrogens (tertiary/aromatic N) is 2. The van der Waals surface area contributed by atoms with E-state index in [1.165, 1.54) is 4.90 Å². The second-order valence-corrected chi connectivity index (χ2v) is 7.14. The van der Waals surface area contributed by atoms with Crippen molar-refractivity contribution in [2.24, 2.45) is 0 Å². The summed E-state index contributed by atoms with van der Waals surface area (Å²) in [6.45, 7) is 4.46. The summed E-state index contributed by atoms with van der Waals surface area (Å²) in [5, 5.41) is 11.9. The van der Waals surface area contributed by atoms with E-state index in [-0.39, 0.29) is 19.3 Å². The standard InChI is InChI=1S/C22H27N3O5/c1-17(23-21(26)30-16-18-7-3-2-4-8-18)15-29-20-10-6-5-9-19(20)24-11-13-25(14-12-24)22(27)28/h2-10,17H,11-16H2,1H3,(H,23,26)(H,27,28). The number of carboxylic acid groups (broad SMARTS) is 1. The van der Waals surface area contributed by atoms with Crippen LogP contribution in [0.3, 0.4) is 0 Å². The van der Waals surface area contributed by atoms with Gasteiger partial charge in [0.05, 0.1) is 11.7 Å². The van der Waals surface area contributed by atoms with Crippen LogP contribution in [0.5, 0.6) is 5.75 Å². The Hall–Kier alpha value is -3.42. The van der Waals surface area contributed by atoms with Gasteiger partial charge in [-0.2, -0.15) is 0 Å². The van der Waals surface area contributed by atoms with Crippen molar-refractivity contribution in [2.75, 3.05) is 37.7 Å². The Morgan fingerprint density at radius 3 is 2.40 bits per heavy atom. The third kappa shape index (κ3) is 6.04. The molecule has 0 aliphatic carbocycles. The van der Waals surface area contributed by atoms with Gasteiger partial charge in [-0.1, -0.05) is 42.5 Å². The molecule has 1 aliphatic heterocycles. The maximum Gasteiger partial charge on any atom is 0.407 e. The SMILES string of the molecule is CC(COc1ccccc1N1CCN(C(=O)O)CC1)NC(=O)OCc1ccccc1. The van der Waals surface area contributed by atoms with E-state index < -0.39 is 12.2 Å². The summed E-state index contributed by atoms with van der Waals surface area (Å²) >= 11 is 0. The summed E-state index contributed by atoms with van der Waals surface area (Å²) in [4.78, 5) is 26.6. The first-order valence-corrected chi connectivity index (χ1v) is 9.95. The lowest BCUT2D eigenvalue weighted by molar-refractivity contribution is 0.132. The number of benzene rings is 2. The number of carbonyl (C=O) groups is 2. The monoisotopic (exact) mass is 413 g/mol. The molecule has 8 nitrogen and oxygen atoms in total. The maximum atomic E-state index is 12.0.